The Morgan fingerprint density at radius 2 is 1.77 bits per heavy atom. The molecule has 0 aliphatic heterocycles. The van der Waals surface area contributed by atoms with Gasteiger partial charge in [0.1, 0.15) is 18.1 Å². The van der Waals surface area contributed by atoms with Crippen molar-refractivity contribution in [3.8, 4) is 11.5 Å². The Morgan fingerprint density at radius 1 is 1.00 bits per heavy atom. The van der Waals surface area contributed by atoms with Crippen LogP contribution < -0.4 is 9.47 Å². The first kappa shape index (κ1) is 27.5. The smallest absolute Gasteiger partial charge is 0.309 e. The number of aliphatic carboxylic acids is 1. The van der Waals surface area contributed by atoms with Crippen LogP contribution in [0, 0.1) is 5.41 Å². The molecule has 2 heterocycles. The number of carbonyl (C=O) groups is 1. The molecule has 0 bridgehead atoms. The van der Waals surface area contributed by atoms with Gasteiger partial charge < -0.3 is 19.1 Å². The summed E-state index contributed by atoms with van der Waals surface area (Å²) in [6, 6.07) is 25.7. The second-order valence-electron chi connectivity index (χ2n) is 10.7. The maximum atomic E-state index is 12.1. The summed E-state index contributed by atoms with van der Waals surface area (Å²) >= 11 is 6.13. The van der Waals surface area contributed by atoms with Crippen molar-refractivity contribution in [3.63, 3.8) is 0 Å². The van der Waals surface area contributed by atoms with Gasteiger partial charge in [-0.15, -0.1) is 0 Å². The molecule has 0 fully saturated rings. The SMILES string of the molecule is CCCOc1c(CC(C)(C)C(=O)O)n(Cc2ccc(Cl)cc2)c2ccc(OCc3ccc4ccccc4n3)cc12. The van der Waals surface area contributed by atoms with Gasteiger partial charge in [-0.25, -0.2) is 4.98 Å². The van der Waals surface area contributed by atoms with Crippen LogP contribution in [0.3, 0.4) is 0 Å². The van der Waals surface area contributed by atoms with Gasteiger partial charge in [-0.3, -0.25) is 4.79 Å². The van der Waals surface area contributed by atoms with Crippen LogP contribution in [0.1, 0.15) is 44.1 Å². The zero-order chi connectivity index (χ0) is 28.3. The first-order valence-corrected chi connectivity index (χ1v) is 13.9. The average molecular weight is 557 g/mol. The summed E-state index contributed by atoms with van der Waals surface area (Å²) in [7, 11) is 0. The van der Waals surface area contributed by atoms with Crippen LogP contribution in [-0.4, -0.2) is 27.2 Å². The highest BCUT2D eigenvalue weighted by Gasteiger charge is 2.32. The number of rotatable bonds is 11. The molecule has 0 unspecified atom stereocenters. The summed E-state index contributed by atoms with van der Waals surface area (Å²) in [4.78, 5) is 16.9. The number of benzene rings is 3. The molecule has 1 N–H and O–H groups in total. The molecule has 0 spiro atoms. The van der Waals surface area contributed by atoms with Gasteiger partial charge in [0.2, 0.25) is 0 Å². The van der Waals surface area contributed by atoms with Crippen molar-refractivity contribution in [3.05, 3.63) is 101 Å². The molecule has 0 saturated heterocycles. The number of carboxylic acid groups (broad SMARTS) is 1. The van der Waals surface area contributed by atoms with Gasteiger partial charge in [-0.05, 0) is 68.3 Å². The van der Waals surface area contributed by atoms with E-state index in [9.17, 15) is 9.90 Å². The van der Waals surface area contributed by atoms with Crippen LogP contribution in [0.2, 0.25) is 5.02 Å². The predicted octanol–water partition coefficient (Wildman–Crippen LogP) is 7.91. The highest BCUT2D eigenvalue weighted by Crippen LogP contribution is 2.40. The number of hydrogen-bond acceptors (Lipinski definition) is 4. The van der Waals surface area contributed by atoms with Crippen molar-refractivity contribution >= 4 is 39.4 Å². The molecule has 0 atom stereocenters. The molecular formula is C33H33ClN2O4. The maximum absolute atomic E-state index is 12.1. The van der Waals surface area contributed by atoms with Gasteiger partial charge in [-0.2, -0.15) is 0 Å². The topological polar surface area (TPSA) is 73.6 Å². The number of fused-ring (bicyclic) bond motifs is 2. The van der Waals surface area contributed by atoms with Gasteiger partial charge in [0.05, 0.1) is 34.4 Å². The highest BCUT2D eigenvalue weighted by molar-refractivity contribution is 6.30. The van der Waals surface area contributed by atoms with Crippen LogP contribution in [0.5, 0.6) is 11.5 Å². The molecule has 206 valence electrons. The Labute approximate surface area is 239 Å². The van der Waals surface area contributed by atoms with Crippen LogP contribution in [0.4, 0.5) is 0 Å². The van der Waals surface area contributed by atoms with E-state index in [1.807, 2.05) is 78.9 Å². The predicted molar refractivity (Wildman–Crippen MR) is 159 cm³/mol. The number of ether oxygens (including phenoxy) is 2. The molecule has 0 aliphatic rings. The summed E-state index contributed by atoms with van der Waals surface area (Å²) < 4.78 is 14.7. The zero-order valence-electron chi connectivity index (χ0n) is 23.0. The second kappa shape index (κ2) is 11.6. The average Bonchev–Trinajstić information content (AvgIpc) is 3.22. The molecule has 2 aromatic heterocycles. The lowest BCUT2D eigenvalue weighted by atomic mass is 9.87. The number of para-hydroxylation sites is 1. The number of aromatic nitrogens is 2. The van der Waals surface area contributed by atoms with Crippen LogP contribution in [-0.2, 0) is 24.4 Å². The third kappa shape index (κ3) is 5.92. The lowest BCUT2D eigenvalue weighted by Crippen LogP contribution is -2.27. The summed E-state index contributed by atoms with van der Waals surface area (Å²) in [6.07, 6.45) is 1.14. The largest absolute Gasteiger partial charge is 0.491 e. The second-order valence-corrected chi connectivity index (χ2v) is 11.1. The Balaban J connectivity index is 1.55. The minimum absolute atomic E-state index is 0.306. The Hall–Kier alpha value is -4.03. The monoisotopic (exact) mass is 556 g/mol. The molecule has 5 aromatic rings. The Kier molecular flexibility index (Phi) is 7.99. The molecule has 6 nitrogen and oxygen atoms in total. The molecule has 0 aliphatic carbocycles. The van der Waals surface area contributed by atoms with Gasteiger partial charge in [0, 0.05) is 28.8 Å². The van der Waals surface area contributed by atoms with Crippen molar-refractivity contribution in [1.82, 2.24) is 9.55 Å². The van der Waals surface area contributed by atoms with Gasteiger partial charge >= 0.3 is 5.97 Å². The van der Waals surface area contributed by atoms with E-state index in [-0.39, 0.29) is 0 Å². The highest BCUT2D eigenvalue weighted by atomic mass is 35.5. The van der Waals surface area contributed by atoms with E-state index >= 15 is 0 Å². The van der Waals surface area contributed by atoms with Crippen LogP contribution in [0.25, 0.3) is 21.8 Å². The number of pyridine rings is 1. The van der Waals surface area contributed by atoms with E-state index in [1.165, 1.54) is 0 Å². The van der Waals surface area contributed by atoms with Crippen molar-refractivity contribution in [2.24, 2.45) is 5.41 Å². The first-order chi connectivity index (χ1) is 19.2. The van der Waals surface area contributed by atoms with Crippen molar-refractivity contribution in [1.29, 1.82) is 0 Å². The first-order valence-electron chi connectivity index (χ1n) is 13.5. The summed E-state index contributed by atoms with van der Waals surface area (Å²) in [6.45, 7) is 6.94. The minimum Gasteiger partial charge on any atom is -0.491 e. The van der Waals surface area contributed by atoms with E-state index in [1.54, 1.807) is 13.8 Å². The van der Waals surface area contributed by atoms with E-state index in [0.717, 1.165) is 45.2 Å². The molecular weight excluding hydrogens is 524 g/mol. The van der Waals surface area contributed by atoms with Crippen molar-refractivity contribution in [2.75, 3.05) is 6.61 Å². The molecule has 0 saturated carbocycles. The third-order valence-electron chi connectivity index (χ3n) is 7.03. The lowest BCUT2D eigenvalue weighted by molar-refractivity contribution is -0.146. The van der Waals surface area contributed by atoms with Crippen LogP contribution in [0.15, 0.2) is 78.9 Å². The molecule has 3 aromatic carbocycles. The third-order valence-corrected chi connectivity index (χ3v) is 7.28. The summed E-state index contributed by atoms with van der Waals surface area (Å²) in [5.41, 5.74) is 3.63. The lowest BCUT2D eigenvalue weighted by Gasteiger charge is -2.22. The molecule has 40 heavy (non-hydrogen) atoms. The normalized spacial score (nSPS) is 11.7. The maximum Gasteiger partial charge on any atom is 0.309 e. The van der Waals surface area contributed by atoms with E-state index in [2.05, 4.69) is 11.5 Å². The molecule has 0 radical (unpaired) electrons. The fourth-order valence-corrected chi connectivity index (χ4v) is 4.91. The van der Waals surface area contributed by atoms with Crippen LogP contribution >= 0.6 is 11.6 Å². The molecule has 5 rings (SSSR count). The Bertz CT molecular complexity index is 1660. The van der Waals surface area contributed by atoms with E-state index in [4.69, 9.17) is 26.1 Å². The van der Waals surface area contributed by atoms with Gasteiger partial charge in [-0.1, -0.05) is 54.9 Å². The van der Waals surface area contributed by atoms with Gasteiger partial charge in [0.15, 0.2) is 0 Å². The number of hydrogen-bond donors (Lipinski definition) is 1. The van der Waals surface area contributed by atoms with E-state index in [0.29, 0.717) is 42.7 Å². The quantitative estimate of drug-likeness (QED) is 0.179. The zero-order valence-corrected chi connectivity index (χ0v) is 23.7. The standard InChI is InChI=1S/C33H33ClN2O4/c1-4-17-39-31-27-18-26(40-21-25-14-11-23-7-5-6-8-28(23)35-25)15-16-29(27)36(20-22-9-12-24(34)13-10-22)30(31)19-33(2,3)32(37)38/h5-16,18H,4,17,19-21H2,1-3H3,(H,37,38). The van der Waals surface area contributed by atoms with Crippen molar-refractivity contribution in [2.45, 2.75) is 46.8 Å². The minimum atomic E-state index is -0.989. The summed E-state index contributed by atoms with van der Waals surface area (Å²) in [5.74, 6) is 0.537. The number of halogens is 1. The molecule has 0 amide bonds. The van der Waals surface area contributed by atoms with E-state index < -0.39 is 11.4 Å². The fourth-order valence-electron chi connectivity index (χ4n) is 4.78. The number of carboxylic acids is 1. The molecule has 7 heteroatoms. The van der Waals surface area contributed by atoms with Crippen molar-refractivity contribution < 1.29 is 19.4 Å². The Morgan fingerprint density at radius 3 is 2.52 bits per heavy atom. The summed E-state index contributed by atoms with van der Waals surface area (Å²) in [5, 5.41) is 12.6. The number of nitrogens with zero attached hydrogens (tertiary/aromatic N) is 2. The van der Waals surface area contributed by atoms with Gasteiger partial charge in [0.25, 0.3) is 0 Å². The fraction of sp³-hybridized carbons (Fsp3) is 0.273.